The van der Waals surface area contributed by atoms with Gasteiger partial charge in [-0.1, -0.05) is 27.6 Å². The van der Waals surface area contributed by atoms with Gasteiger partial charge in [0, 0.05) is 17.6 Å². The molecule has 0 spiro atoms. The zero-order chi connectivity index (χ0) is 11.5. The van der Waals surface area contributed by atoms with Crippen LogP contribution in [-0.2, 0) is 0 Å². The van der Waals surface area contributed by atoms with Crippen LogP contribution in [0.25, 0.3) is 0 Å². The fourth-order valence-corrected chi connectivity index (χ4v) is 2.20. The predicted octanol–water partition coefficient (Wildman–Crippen LogP) is 3.48. The van der Waals surface area contributed by atoms with Gasteiger partial charge in [-0.05, 0) is 31.5 Å². The number of halogens is 1. The summed E-state index contributed by atoms with van der Waals surface area (Å²) in [5, 5.41) is 9.08. The molecule has 1 aliphatic heterocycles. The minimum absolute atomic E-state index is 0.746. The molecule has 0 N–H and O–H groups in total. The molecule has 1 aromatic carbocycles. The van der Waals surface area contributed by atoms with E-state index in [0.29, 0.717) is 0 Å². The molecule has 0 saturated heterocycles. The molecule has 0 aromatic heterocycles. The highest BCUT2D eigenvalue weighted by Gasteiger charge is 2.13. The summed E-state index contributed by atoms with van der Waals surface area (Å²) in [6.07, 6.45) is 3.31. The summed E-state index contributed by atoms with van der Waals surface area (Å²) in [5.41, 5.74) is 3.21. The van der Waals surface area contributed by atoms with Crippen LogP contribution in [0.1, 0.15) is 18.9 Å². The molecule has 2 nitrogen and oxygen atoms in total. The summed E-state index contributed by atoms with van der Waals surface area (Å²) >= 11 is 3.45. The number of rotatable bonds is 1. The van der Waals surface area contributed by atoms with Crippen molar-refractivity contribution in [1.82, 2.24) is 0 Å². The molecule has 1 aromatic rings. The monoisotopic (exact) mass is 276 g/mol. The highest BCUT2D eigenvalue weighted by Crippen LogP contribution is 2.26. The van der Waals surface area contributed by atoms with Gasteiger partial charge < -0.3 is 4.90 Å². The van der Waals surface area contributed by atoms with Crippen molar-refractivity contribution < 1.29 is 0 Å². The van der Waals surface area contributed by atoms with Crippen molar-refractivity contribution in [1.29, 1.82) is 5.26 Å². The van der Waals surface area contributed by atoms with Gasteiger partial charge in [0.25, 0.3) is 0 Å². The van der Waals surface area contributed by atoms with Crippen molar-refractivity contribution in [2.45, 2.75) is 13.3 Å². The van der Waals surface area contributed by atoms with Gasteiger partial charge in [0.2, 0.25) is 0 Å². The minimum atomic E-state index is 0.746. The van der Waals surface area contributed by atoms with Crippen LogP contribution in [0.2, 0.25) is 0 Å². The number of hydrogen-bond acceptors (Lipinski definition) is 2. The van der Waals surface area contributed by atoms with Gasteiger partial charge in [0.15, 0.2) is 0 Å². The Kier molecular flexibility index (Phi) is 3.31. The van der Waals surface area contributed by atoms with Crippen LogP contribution < -0.4 is 4.90 Å². The molecular weight excluding hydrogens is 264 g/mol. The van der Waals surface area contributed by atoms with Gasteiger partial charge in [0.05, 0.1) is 11.3 Å². The summed E-state index contributed by atoms with van der Waals surface area (Å²) in [6.45, 7) is 4.05. The van der Waals surface area contributed by atoms with E-state index in [2.05, 4.69) is 39.9 Å². The lowest BCUT2D eigenvalue weighted by Crippen LogP contribution is -2.28. The molecule has 82 valence electrons. The van der Waals surface area contributed by atoms with E-state index in [0.717, 1.165) is 35.2 Å². The van der Waals surface area contributed by atoms with Crippen LogP contribution in [0, 0.1) is 11.3 Å². The second kappa shape index (κ2) is 4.71. The third kappa shape index (κ3) is 2.28. The molecule has 2 rings (SSSR count). The second-order valence-corrected chi connectivity index (χ2v) is 4.94. The van der Waals surface area contributed by atoms with E-state index in [-0.39, 0.29) is 0 Å². The minimum Gasteiger partial charge on any atom is -0.366 e. The quantitative estimate of drug-likeness (QED) is 0.735. The fourth-order valence-electron chi connectivity index (χ4n) is 1.85. The summed E-state index contributed by atoms with van der Waals surface area (Å²) in [7, 11) is 0. The molecule has 0 unspecified atom stereocenters. The molecule has 1 aliphatic rings. The Bertz CT molecular complexity index is 471. The Hall–Kier alpha value is -1.27. The van der Waals surface area contributed by atoms with Gasteiger partial charge in [-0.3, -0.25) is 0 Å². The first-order valence-electron chi connectivity index (χ1n) is 5.31. The molecular formula is C13H13BrN2. The standard InChI is InChI=1S/C13H13BrN2/c1-10-4-6-16(7-5-10)13-8-12(14)3-2-11(13)9-15/h2-4,8H,5-7H2,1H3. The van der Waals surface area contributed by atoms with Gasteiger partial charge >= 0.3 is 0 Å². The largest absolute Gasteiger partial charge is 0.366 e. The molecule has 0 bridgehead atoms. The number of hydrogen-bond donors (Lipinski definition) is 0. The zero-order valence-corrected chi connectivity index (χ0v) is 10.8. The molecule has 1 heterocycles. The maximum absolute atomic E-state index is 9.08. The molecule has 0 saturated carbocycles. The van der Waals surface area contributed by atoms with Gasteiger partial charge in [-0.15, -0.1) is 0 Å². The number of benzene rings is 1. The van der Waals surface area contributed by atoms with Crippen molar-refractivity contribution in [3.63, 3.8) is 0 Å². The third-order valence-corrected chi connectivity index (χ3v) is 3.35. The normalized spacial score (nSPS) is 15.6. The number of nitrogens with zero attached hydrogens (tertiary/aromatic N) is 2. The van der Waals surface area contributed by atoms with Crippen molar-refractivity contribution in [3.8, 4) is 6.07 Å². The molecule has 0 aliphatic carbocycles. The molecule has 0 radical (unpaired) electrons. The van der Waals surface area contributed by atoms with E-state index >= 15 is 0 Å². The Morgan fingerprint density at radius 1 is 1.44 bits per heavy atom. The van der Waals surface area contributed by atoms with Crippen LogP contribution in [-0.4, -0.2) is 13.1 Å². The first-order chi connectivity index (χ1) is 7.70. The maximum Gasteiger partial charge on any atom is 0.101 e. The van der Waals surface area contributed by atoms with Crippen molar-refractivity contribution >= 4 is 21.6 Å². The number of anilines is 1. The Labute approximate surface area is 104 Å². The topological polar surface area (TPSA) is 27.0 Å². The summed E-state index contributed by atoms with van der Waals surface area (Å²) in [6, 6.07) is 8.04. The first kappa shape index (κ1) is 11.2. The maximum atomic E-state index is 9.08. The third-order valence-electron chi connectivity index (χ3n) is 2.86. The van der Waals surface area contributed by atoms with E-state index in [1.807, 2.05) is 18.2 Å². The predicted molar refractivity (Wildman–Crippen MR) is 69.4 cm³/mol. The van der Waals surface area contributed by atoms with E-state index < -0.39 is 0 Å². The summed E-state index contributed by atoms with van der Waals surface area (Å²) in [4.78, 5) is 2.25. The second-order valence-electron chi connectivity index (χ2n) is 4.02. The van der Waals surface area contributed by atoms with Gasteiger partial charge in [-0.25, -0.2) is 0 Å². The van der Waals surface area contributed by atoms with Crippen LogP contribution >= 0.6 is 15.9 Å². The Balaban J connectivity index is 2.33. The van der Waals surface area contributed by atoms with E-state index in [4.69, 9.17) is 5.26 Å². The molecule has 0 fully saturated rings. The van der Waals surface area contributed by atoms with E-state index in [1.165, 1.54) is 5.57 Å². The van der Waals surface area contributed by atoms with Crippen molar-refractivity contribution in [2.24, 2.45) is 0 Å². The Morgan fingerprint density at radius 2 is 2.25 bits per heavy atom. The molecule has 3 heteroatoms. The zero-order valence-electron chi connectivity index (χ0n) is 9.20. The smallest absolute Gasteiger partial charge is 0.101 e. The van der Waals surface area contributed by atoms with E-state index in [1.54, 1.807) is 0 Å². The van der Waals surface area contributed by atoms with Gasteiger partial charge in [-0.2, -0.15) is 5.26 Å². The summed E-state index contributed by atoms with van der Waals surface area (Å²) < 4.78 is 1.02. The van der Waals surface area contributed by atoms with Crippen molar-refractivity contribution in [2.75, 3.05) is 18.0 Å². The lowest BCUT2D eigenvalue weighted by molar-refractivity contribution is 0.786. The van der Waals surface area contributed by atoms with Crippen LogP contribution in [0.5, 0.6) is 0 Å². The molecule has 0 atom stereocenters. The number of nitriles is 1. The molecule has 0 amide bonds. The van der Waals surface area contributed by atoms with Crippen molar-refractivity contribution in [3.05, 3.63) is 39.9 Å². The van der Waals surface area contributed by atoms with Gasteiger partial charge in [0.1, 0.15) is 6.07 Å². The lowest BCUT2D eigenvalue weighted by Gasteiger charge is -2.28. The summed E-state index contributed by atoms with van der Waals surface area (Å²) in [5.74, 6) is 0. The highest BCUT2D eigenvalue weighted by atomic mass is 79.9. The highest BCUT2D eigenvalue weighted by molar-refractivity contribution is 9.10. The average Bonchev–Trinajstić information content (AvgIpc) is 2.30. The van der Waals surface area contributed by atoms with Crippen LogP contribution in [0.3, 0.4) is 0 Å². The van der Waals surface area contributed by atoms with Crippen LogP contribution in [0.4, 0.5) is 5.69 Å². The average molecular weight is 277 g/mol. The Morgan fingerprint density at radius 3 is 2.88 bits per heavy atom. The SMILES string of the molecule is CC1=CCN(c2cc(Br)ccc2C#N)CC1. The fraction of sp³-hybridized carbons (Fsp3) is 0.308. The van der Waals surface area contributed by atoms with Crippen LogP contribution in [0.15, 0.2) is 34.3 Å². The first-order valence-corrected chi connectivity index (χ1v) is 6.10. The molecule has 16 heavy (non-hydrogen) atoms. The van der Waals surface area contributed by atoms with E-state index in [9.17, 15) is 0 Å². The lowest BCUT2D eigenvalue weighted by atomic mass is 10.1.